The van der Waals surface area contributed by atoms with Crippen LogP contribution in [0, 0.1) is 13.8 Å². The highest BCUT2D eigenvalue weighted by atomic mass is 16.5. The van der Waals surface area contributed by atoms with Crippen LogP contribution in [0.2, 0.25) is 0 Å². The van der Waals surface area contributed by atoms with Crippen molar-refractivity contribution in [3.8, 4) is 17.2 Å². The van der Waals surface area contributed by atoms with E-state index in [2.05, 4.69) is 55.6 Å². The molecular formula is C26H29NO3. The van der Waals surface area contributed by atoms with Gasteiger partial charge in [0.15, 0.2) is 11.5 Å². The van der Waals surface area contributed by atoms with Gasteiger partial charge in [-0.1, -0.05) is 36.4 Å². The Kier molecular flexibility index (Phi) is 5.96. The minimum atomic E-state index is 0.114. The molecule has 1 unspecified atom stereocenters. The van der Waals surface area contributed by atoms with E-state index in [-0.39, 0.29) is 6.04 Å². The topological polar surface area (TPSA) is 39.7 Å². The normalized spacial score (nSPS) is 15.4. The monoisotopic (exact) mass is 403 g/mol. The molecule has 1 aliphatic rings. The maximum atomic E-state index is 6.18. The molecule has 1 aliphatic heterocycles. The van der Waals surface area contributed by atoms with E-state index in [1.165, 1.54) is 27.8 Å². The Bertz CT molecular complexity index is 1030. The largest absolute Gasteiger partial charge is 0.496 e. The number of hydrogen-bond donors (Lipinski definition) is 1. The zero-order valence-corrected chi connectivity index (χ0v) is 18.1. The third kappa shape index (κ3) is 3.88. The van der Waals surface area contributed by atoms with Gasteiger partial charge >= 0.3 is 0 Å². The molecule has 0 amide bonds. The lowest BCUT2D eigenvalue weighted by Gasteiger charge is -2.30. The minimum absolute atomic E-state index is 0.114. The fourth-order valence-corrected chi connectivity index (χ4v) is 4.20. The molecule has 0 bridgehead atoms. The van der Waals surface area contributed by atoms with Crippen LogP contribution >= 0.6 is 0 Å². The summed E-state index contributed by atoms with van der Waals surface area (Å²) in [5.41, 5.74) is 7.38. The maximum absolute atomic E-state index is 6.18. The molecule has 0 radical (unpaired) electrons. The molecule has 0 aromatic heterocycles. The SMILES string of the molecule is COc1cc2c(cc1OCc1ccccc1)C(c1ccc(OC)c(C)c1C)NCC2. The summed E-state index contributed by atoms with van der Waals surface area (Å²) in [5, 5.41) is 3.70. The zero-order valence-electron chi connectivity index (χ0n) is 18.1. The molecule has 4 rings (SSSR count). The predicted octanol–water partition coefficient (Wildman–Crippen LogP) is 5.13. The third-order valence-electron chi connectivity index (χ3n) is 6.03. The first kappa shape index (κ1) is 20.3. The van der Waals surface area contributed by atoms with Crippen LogP contribution in [-0.2, 0) is 13.0 Å². The maximum Gasteiger partial charge on any atom is 0.162 e. The Hall–Kier alpha value is -2.98. The van der Waals surface area contributed by atoms with Crippen molar-refractivity contribution in [1.82, 2.24) is 5.32 Å². The van der Waals surface area contributed by atoms with Gasteiger partial charge in [-0.25, -0.2) is 0 Å². The quantitative estimate of drug-likeness (QED) is 0.619. The number of benzene rings is 3. The van der Waals surface area contributed by atoms with Crippen molar-refractivity contribution < 1.29 is 14.2 Å². The van der Waals surface area contributed by atoms with Crippen LogP contribution in [0.3, 0.4) is 0 Å². The fraction of sp³-hybridized carbons (Fsp3) is 0.308. The van der Waals surface area contributed by atoms with Crippen LogP contribution in [-0.4, -0.2) is 20.8 Å². The Morgan fingerprint density at radius 1 is 0.833 bits per heavy atom. The summed E-state index contributed by atoms with van der Waals surface area (Å²) in [6.07, 6.45) is 0.968. The molecule has 0 aliphatic carbocycles. The molecule has 0 spiro atoms. The Morgan fingerprint density at radius 3 is 2.33 bits per heavy atom. The molecule has 1 heterocycles. The van der Waals surface area contributed by atoms with Crippen LogP contribution in [0.4, 0.5) is 0 Å². The molecule has 30 heavy (non-hydrogen) atoms. The van der Waals surface area contributed by atoms with E-state index in [1.807, 2.05) is 18.2 Å². The van der Waals surface area contributed by atoms with Gasteiger partial charge in [-0.2, -0.15) is 0 Å². The standard InChI is InChI=1S/C26H29NO3/c1-17-18(2)23(28-3)11-10-21(17)26-22-15-25(30-16-19-8-6-5-7-9-19)24(29-4)14-20(22)12-13-27-26/h5-11,14-15,26-27H,12-13,16H2,1-4H3. The first-order valence-corrected chi connectivity index (χ1v) is 10.4. The highest BCUT2D eigenvalue weighted by molar-refractivity contribution is 5.54. The smallest absolute Gasteiger partial charge is 0.162 e. The van der Waals surface area contributed by atoms with Crippen molar-refractivity contribution in [2.45, 2.75) is 32.9 Å². The van der Waals surface area contributed by atoms with Gasteiger partial charge in [0, 0.05) is 6.54 Å². The first-order chi connectivity index (χ1) is 14.6. The lowest BCUT2D eigenvalue weighted by Crippen LogP contribution is -2.31. The number of fused-ring (bicyclic) bond motifs is 1. The van der Waals surface area contributed by atoms with Crippen LogP contribution in [0.1, 0.15) is 39.4 Å². The molecule has 4 heteroatoms. The average Bonchev–Trinajstić information content (AvgIpc) is 2.79. The zero-order chi connectivity index (χ0) is 21.1. The third-order valence-corrected chi connectivity index (χ3v) is 6.03. The summed E-state index contributed by atoms with van der Waals surface area (Å²) in [4.78, 5) is 0. The highest BCUT2D eigenvalue weighted by Crippen LogP contribution is 2.39. The van der Waals surface area contributed by atoms with E-state index in [4.69, 9.17) is 14.2 Å². The van der Waals surface area contributed by atoms with Crippen molar-refractivity contribution in [2.75, 3.05) is 20.8 Å². The van der Waals surface area contributed by atoms with Crippen molar-refractivity contribution in [2.24, 2.45) is 0 Å². The van der Waals surface area contributed by atoms with Crippen LogP contribution < -0.4 is 19.5 Å². The van der Waals surface area contributed by atoms with E-state index in [1.54, 1.807) is 14.2 Å². The summed E-state index contributed by atoms with van der Waals surface area (Å²) in [7, 11) is 3.42. The molecule has 1 atom stereocenters. The van der Waals surface area contributed by atoms with Crippen molar-refractivity contribution >= 4 is 0 Å². The van der Waals surface area contributed by atoms with Gasteiger partial charge in [0.05, 0.1) is 20.3 Å². The van der Waals surface area contributed by atoms with Crippen molar-refractivity contribution in [1.29, 1.82) is 0 Å². The second-order valence-electron chi connectivity index (χ2n) is 7.72. The van der Waals surface area contributed by atoms with E-state index in [0.29, 0.717) is 6.61 Å². The number of rotatable bonds is 6. The average molecular weight is 404 g/mol. The van der Waals surface area contributed by atoms with Crippen molar-refractivity contribution in [3.63, 3.8) is 0 Å². The Morgan fingerprint density at radius 2 is 1.60 bits per heavy atom. The first-order valence-electron chi connectivity index (χ1n) is 10.4. The van der Waals surface area contributed by atoms with Gasteiger partial charge in [-0.15, -0.1) is 0 Å². The molecule has 4 nitrogen and oxygen atoms in total. The van der Waals surface area contributed by atoms with E-state index < -0.39 is 0 Å². The van der Waals surface area contributed by atoms with E-state index in [0.717, 1.165) is 35.8 Å². The molecular weight excluding hydrogens is 374 g/mol. The highest BCUT2D eigenvalue weighted by Gasteiger charge is 2.26. The summed E-state index contributed by atoms with van der Waals surface area (Å²) in [5.74, 6) is 2.48. The Balaban J connectivity index is 1.71. The number of hydrogen-bond acceptors (Lipinski definition) is 4. The molecule has 3 aromatic rings. The van der Waals surface area contributed by atoms with Gasteiger partial charge in [-0.05, 0) is 71.8 Å². The number of methoxy groups -OCH3 is 2. The lowest BCUT2D eigenvalue weighted by molar-refractivity contribution is 0.283. The van der Waals surface area contributed by atoms with E-state index in [9.17, 15) is 0 Å². The van der Waals surface area contributed by atoms with Crippen LogP contribution in [0.25, 0.3) is 0 Å². The van der Waals surface area contributed by atoms with Gasteiger partial charge < -0.3 is 19.5 Å². The predicted molar refractivity (Wildman–Crippen MR) is 120 cm³/mol. The summed E-state index contributed by atoms with van der Waals surface area (Å²) < 4.78 is 17.3. The minimum Gasteiger partial charge on any atom is -0.496 e. The number of ether oxygens (including phenoxy) is 3. The summed E-state index contributed by atoms with van der Waals surface area (Å²) >= 11 is 0. The molecule has 0 saturated heterocycles. The van der Waals surface area contributed by atoms with Gasteiger partial charge in [0.1, 0.15) is 12.4 Å². The molecule has 3 aromatic carbocycles. The van der Waals surface area contributed by atoms with Crippen LogP contribution in [0.15, 0.2) is 54.6 Å². The molecule has 156 valence electrons. The van der Waals surface area contributed by atoms with Gasteiger partial charge in [-0.3, -0.25) is 0 Å². The molecule has 0 saturated carbocycles. The van der Waals surface area contributed by atoms with E-state index >= 15 is 0 Å². The second kappa shape index (κ2) is 8.80. The fourth-order valence-electron chi connectivity index (χ4n) is 4.20. The second-order valence-corrected chi connectivity index (χ2v) is 7.72. The van der Waals surface area contributed by atoms with Gasteiger partial charge in [0.25, 0.3) is 0 Å². The summed E-state index contributed by atoms with van der Waals surface area (Å²) in [6.45, 7) is 5.72. The number of nitrogens with one attached hydrogen (secondary N) is 1. The van der Waals surface area contributed by atoms with Crippen molar-refractivity contribution in [3.05, 3.63) is 88.0 Å². The lowest BCUT2D eigenvalue weighted by atomic mass is 9.86. The summed E-state index contributed by atoms with van der Waals surface area (Å²) in [6, 6.07) is 18.8. The van der Waals surface area contributed by atoms with Crippen LogP contribution in [0.5, 0.6) is 17.2 Å². The Labute approximate surface area is 178 Å². The molecule has 1 N–H and O–H groups in total. The van der Waals surface area contributed by atoms with Gasteiger partial charge in [0.2, 0.25) is 0 Å². The molecule has 0 fully saturated rings.